The minimum atomic E-state index is -3.85. The van der Waals surface area contributed by atoms with Crippen molar-refractivity contribution in [2.24, 2.45) is 5.92 Å². The SMILES string of the molecule is CCC(=O)N1CCc2cc(Br)c(S(=O)(=O)N3CCC[C@@H](C(=O)Nc4ccc(C)cc4)C3)cc21. The molecular formula is C24H28BrN3O4S. The van der Waals surface area contributed by atoms with Gasteiger partial charge in [-0.15, -0.1) is 0 Å². The maximum Gasteiger partial charge on any atom is 0.244 e. The van der Waals surface area contributed by atoms with Crippen molar-refractivity contribution in [3.05, 3.63) is 52.0 Å². The second-order valence-electron chi connectivity index (χ2n) is 8.62. The molecule has 2 heterocycles. The second kappa shape index (κ2) is 9.56. The molecule has 176 valence electrons. The fourth-order valence-corrected chi connectivity index (χ4v) is 7.02. The predicted molar refractivity (Wildman–Crippen MR) is 132 cm³/mol. The third-order valence-corrected chi connectivity index (χ3v) is 9.15. The second-order valence-corrected chi connectivity index (χ2v) is 11.4. The van der Waals surface area contributed by atoms with E-state index < -0.39 is 15.9 Å². The highest BCUT2D eigenvalue weighted by Crippen LogP contribution is 2.37. The molecule has 1 atom stereocenters. The Balaban J connectivity index is 1.55. The molecule has 2 aliphatic rings. The topological polar surface area (TPSA) is 86.8 Å². The fraction of sp³-hybridized carbons (Fsp3) is 0.417. The van der Waals surface area contributed by atoms with Gasteiger partial charge in [0.15, 0.2) is 0 Å². The predicted octanol–water partition coefficient (Wildman–Crippen LogP) is 4.10. The number of carbonyl (C=O) groups is 2. The van der Waals surface area contributed by atoms with Gasteiger partial charge in [-0.05, 0) is 71.9 Å². The molecule has 4 rings (SSSR count). The maximum atomic E-state index is 13.6. The minimum absolute atomic E-state index is 0.0229. The molecule has 0 bridgehead atoms. The van der Waals surface area contributed by atoms with Gasteiger partial charge in [-0.3, -0.25) is 9.59 Å². The van der Waals surface area contributed by atoms with Crippen LogP contribution >= 0.6 is 15.9 Å². The number of nitrogens with zero attached hydrogens (tertiary/aromatic N) is 2. The van der Waals surface area contributed by atoms with Gasteiger partial charge in [0.25, 0.3) is 0 Å². The molecule has 7 nitrogen and oxygen atoms in total. The average Bonchev–Trinajstić information content (AvgIpc) is 3.22. The first-order valence-electron chi connectivity index (χ1n) is 11.2. The van der Waals surface area contributed by atoms with Crippen LogP contribution in [-0.2, 0) is 26.0 Å². The zero-order valence-electron chi connectivity index (χ0n) is 18.8. The molecule has 0 aromatic heterocycles. The number of anilines is 2. The number of carbonyl (C=O) groups excluding carboxylic acids is 2. The number of sulfonamides is 1. The highest BCUT2D eigenvalue weighted by Gasteiger charge is 2.36. The molecule has 2 aromatic carbocycles. The molecule has 1 fully saturated rings. The van der Waals surface area contributed by atoms with E-state index in [1.54, 1.807) is 24.0 Å². The molecule has 0 spiro atoms. The molecule has 33 heavy (non-hydrogen) atoms. The lowest BCUT2D eigenvalue weighted by atomic mass is 9.98. The monoisotopic (exact) mass is 533 g/mol. The number of benzene rings is 2. The molecular weight excluding hydrogens is 506 g/mol. The van der Waals surface area contributed by atoms with Gasteiger partial charge in [0.2, 0.25) is 21.8 Å². The van der Waals surface area contributed by atoms with E-state index in [2.05, 4.69) is 21.2 Å². The summed E-state index contributed by atoms with van der Waals surface area (Å²) in [6.07, 6.45) is 2.30. The van der Waals surface area contributed by atoms with Crippen LogP contribution in [0.1, 0.15) is 37.3 Å². The van der Waals surface area contributed by atoms with Crippen LogP contribution in [-0.4, -0.2) is 44.2 Å². The van der Waals surface area contributed by atoms with Crippen LogP contribution in [0, 0.1) is 12.8 Å². The van der Waals surface area contributed by atoms with Crippen molar-refractivity contribution in [2.45, 2.75) is 44.4 Å². The van der Waals surface area contributed by atoms with Crippen LogP contribution in [0.25, 0.3) is 0 Å². The van der Waals surface area contributed by atoms with Gasteiger partial charge in [0, 0.05) is 41.9 Å². The van der Waals surface area contributed by atoms with Gasteiger partial charge < -0.3 is 10.2 Å². The molecule has 2 amide bonds. The third-order valence-electron chi connectivity index (χ3n) is 6.32. The summed E-state index contributed by atoms with van der Waals surface area (Å²) in [7, 11) is -3.85. The number of hydrogen-bond donors (Lipinski definition) is 1. The number of fused-ring (bicyclic) bond motifs is 1. The summed E-state index contributed by atoms with van der Waals surface area (Å²) in [6.45, 7) is 4.82. The molecule has 0 radical (unpaired) electrons. The van der Waals surface area contributed by atoms with Crippen molar-refractivity contribution >= 4 is 49.1 Å². The normalized spacial score (nSPS) is 18.8. The smallest absolute Gasteiger partial charge is 0.244 e. The van der Waals surface area contributed by atoms with Gasteiger partial charge in [-0.25, -0.2) is 8.42 Å². The average molecular weight is 534 g/mol. The Morgan fingerprint density at radius 1 is 1.15 bits per heavy atom. The zero-order chi connectivity index (χ0) is 23.8. The maximum absolute atomic E-state index is 13.6. The van der Waals surface area contributed by atoms with Gasteiger partial charge in [0.05, 0.1) is 10.8 Å². The Bertz CT molecular complexity index is 1180. The van der Waals surface area contributed by atoms with Crippen LogP contribution in [0.2, 0.25) is 0 Å². The van der Waals surface area contributed by atoms with Gasteiger partial charge in [0.1, 0.15) is 0 Å². The van der Waals surface area contributed by atoms with E-state index in [0.29, 0.717) is 54.6 Å². The van der Waals surface area contributed by atoms with Crippen LogP contribution in [0.5, 0.6) is 0 Å². The highest BCUT2D eigenvalue weighted by molar-refractivity contribution is 9.10. The van der Waals surface area contributed by atoms with E-state index in [4.69, 9.17) is 0 Å². The molecule has 0 unspecified atom stereocenters. The summed E-state index contributed by atoms with van der Waals surface area (Å²) >= 11 is 3.43. The first-order valence-corrected chi connectivity index (χ1v) is 13.4. The largest absolute Gasteiger partial charge is 0.326 e. The first-order chi connectivity index (χ1) is 15.7. The van der Waals surface area contributed by atoms with Crippen molar-refractivity contribution in [2.75, 3.05) is 29.9 Å². The minimum Gasteiger partial charge on any atom is -0.326 e. The number of halogens is 1. The summed E-state index contributed by atoms with van der Waals surface area (Å²) in [4.78, 5) is 27.0. The number of aryl methyl sites for hydroxylation is 1. The Labute approximate surface area is 203 Å². The number of rotatable bonds is 5. The van der Waals surface area contributed by atoms with E-state index in [9.17, 15) is 18.0 Å². The lowest BCUT2D eigenvalue weighted by Crippen LogP contribution is -2.43. The van der Waals surface area contributed by atoms with Crippen LogP contribution in [0.3, 0.4) is 0 Å². The van der Waals surface area contributed by atoms with Crippen molar-refractivity contribution < 1.29 is 18.0 Å². The lowest BCUT2D eigenvalue weighted by molar-refractivity contribution is -0.121. The number of piperidine rings is 1. The third kappa shape index (κ3) is 4.85. The quantitative estimate of drug-likeness (QED) is 0.626. The molecule has 9 heteroatoms. The summed E-state index contributed by atoms with van der Waals surface area (Å²) in [5.41, 5.74) is 3.42. The number of hydrogen-bond acceptors (Lipinski definition) is 4. The zero-order valence-corrected chi connectivity index (χ0v) is 21.2. The van der Waals surface area contributed by atoms with Crippen molar-refractivity contribution in [3.8, 4) is 0 Å². The Kier molecular flexibility index (Phi) is 6.93. The van der Waals surface area contributed by atoms with E-state index in [1.807, 2.05) is 31.2 Å². The number of amides is 2. The Morgan fingerprint density at radius 2 is 1.88 bits per heavy atom. The Hall–Kier alpha value is -2.23. The van der Waals surface area contributed by atoms with Gasteiger partial charge >= 0.3 is 0 Å². The van der Waals surface area contributed by atoms with Crippen molar-refractivity contribution in [1.29, 1.82) is 0 Å². The molecule has 2 aliphatic heterocycles. The number of nitrogens with one attached hydrogen (secondary N) is 1. The van der Waals surface area contributed by atoms with Gasteiger partial charge in [-0.2, -0.15) is 4.31 Å². The van der Waals surface area contributed by atoms with Gasteiger partial charge in [-0.1, -0.05) is 24.6 Å². The summed E-state index contributed by atoms with van der Waals surface area (Å²) in [6, 6.07) is 10.9. The fourth-order valence-electron chi connectivity index (χ4n) is 4.43. The molecule has 1 saturated heterocycles. The molecule has 0 aliphatic carbocycles. The summed E-state index contributed by atoms with van der Waals surface area (Å²) < 4.78 is 29.0. The standard InChI is InChI=1S/C24H28BrN3O4S/c1-3-23(29)28-12-10-17-13-20(25)22(14-21(17)28)33(31,32)27-11-4-5-18(15-27)24(30)26-19-8-6-16(2)7-9-19/h6-9,13-14,18H,3-5,10-12,15H2,1-2H3,(H,26,30)/t18-/m1/s1. The molecule has 2 aromatic rings. The summed E-state index contributed by atoms with van der Waals surface area (Å²) in [5.74, 6) is -0.627. The van der Waals surface area contributed by atoms with Crippen LogP contribution in [0.4, 0.5) is 11.4 Å². The van der Waals surface area contributed by atoms with Crippen molar-refractivity contribution in [3.63, 3.8) is 0 Å². The highest BCUT2D eigenvalue weighted by atomic mass is 79.9. The Morgan fingerprint density at radius 3 is 2.58 bits per heavy atom. The molecule has 0 saturated carbocycles. The first kappa shape index (κ1) is 23.9. The van der Waals surface area contributed by atoms with E-state index in [-0.39, 0.29) is 23.3 Å². The van der Waals surface area contributed by atoms with Crippen LogP contribution < -0.4 is 10.2 Å². The van der Waals surface area contributed by atoms with E-state index in [1.165, 1.54) is 4.31 Å². The van der Waals surface area contributed by atoms with E-state index >= 15 is 0 Å². The van der Waals surface area contributed by atoms with E-state index in [0.717, 1.165) is 11.1 Å². The van der Waals surface area contributed by atoms with Crippen molar-refractivity contribution in [1.82, 2.24) is 4.31 Å². The summed E-state index contributed by atoms with van der Waals surface area (Å²) in [5, 5.41) is 2.91. The van der Waals surface area contributed by atoms with Crippen LogP contribution in [0.15, 0.2) is 45.8 Å². The lowest BCUT2D eigenvalue weighted by Gasteiger charge is -2.31. The molecule has 1 N–H and O–H groups in total.